The van der Waals surface area contributed by atoms with Crippen LogP contribution in [0.4, 0.5) is 0 Å². The minimum atomic E-state index is -0.347. The van der Waals surface area contributed by atoms with Gasteiger partial charge in [-0.2, -0.15) is 5.10 Å². The van der Waals surface area contributed by atoms with E-state index in [4.69, 9.17) is 16.7 Å². The van der Waals surface area contributed by atoms with Gasteiger partial charge in [-0.05, 0) is 23.8 Å². The fourth-order valence-electron chi connectivity index (χ4n) is 4.02. The largest absolute Gasteiger partial charge is 0.340 e. The number of likely N-dealkylation sites (N-methyl/N-ethyl adjacent to an activating group) is 1. The molecule has 8 nitrogen and oxygen atoms in total. The topological polar surface area (TPSA) is 85.9 Å². The van der Waals surface area contributed by atoms with E-state index in [-0.39, 0.29) is 18.0 Å². The van der Waals surface area contributed by atoms with E-state index in [1.807, 2.05) is 65.5 Å². The Labute approximate surface area is 212 Å². The summed E-state index contributed by atoms with van der Waals surface area (Å²) in [4.78, 5) is 27.4. The highest BCUT2D eigenvalue weighted by atomic mass is 35.5. The maximum Gasteiger partial charge on any atom is 0.278 e. The van der Waals surface area contributed by atoms with E-state index in [1.54, 1.807) is 36.2 Å². The predicted molar refractivity (Wildman–Crippen MR) is 138 cm³/mol. The summed E-state index contributed by atoms with van der Waals surface area (Å²) < 4.78 is 2.93. The highest BCUT2D eigenvalue weighted by molar-refractivity contribution is 6.31. The zero-order valence-electron chi connectivity index (χ0n) is 19.6. The van der Waals surface area contributed by atoms with Crippen molar-refractivity contribution in [1.82, 2.24) is 29.7 Å². The third-order valence-electron chi connectivity index (χ3n) is 5.92. The van der Waals surface area contributed by atoms with Crippen molar-refractivity contribution in [3.05, 3.63) is 112 Å². The van der Waals surface area contributed by atoms with Gasteiger partial charge in [-0.15, -0.1) is 5.10 Å². The van der Waals surface area contributed by atoms with Crippen molar-refractivity contribution >= 4 is 28.4 Å². The molecule has 9 heteroatoms. The normalized spacial score (nSPS) is 11.1. The fourth-order valence-corrected chi connectivity index (χ4v) is 4.21. The summed E-state index contributed by atoms with van der Waals surface area (Å²) >= 11 is 6.36. The number of benzene rings is 3. The lowest BCUT2D eigenvalue weighted by Crippen LogP contribution is -2.35. The predicted octanol–water partition coefficient (Wildman–Crippen LogP) is 4.02. The van der Waals surface area contributed by atoms with Crippen LogP contribution in [0.25, 0.3) is 22.2 Å². The summed E-state index contributed by atoms with van der Waals surface area (Å²) in [7, 11) is 1.70. The maximum atomic E-state index is 13.0. The Balaban J connectivity index is 1.40. The Bertz CT molecular complexity index is 1600. The highest BCUT2D eigenvalue weighted by Crippen LogP contribution is 2.24. The van der Waals surface area contributed by atoms with Crippen LogP contribution in [-0.2, 0) is 24.4 Å². The van der Waals surface area contributed by atoms with Crippen LogP contribution in [0.1, 0.15) is 11.1 Å². The van der Waals surface area contributed by atoms with Crippen LogP contribution in [0, 0.1) is 0 Å². The molecule has 0 spiro atoms. The van der Waals surface area contributed by atoms with Gasteiger partial charge < -0.3 is 4.90 Å². The fraction of sp³-hybridized carbons (Fsp3) is 0.148. The summed E-state index contributed by atoms with van der Waals surface area (Å²) in [6.07, 6.45) is 1.93. The Morgan fingerprint density at radius 3 is 2.47 bits per heavy atom. The summed E-state index contributed by atoms with van der Waals surface area (Å²) in [5.74, 6) is -0.264. The van der Waals surface area contributed by atoms with E-state index < -0.39 is 0 Å². The number of carbonyl (C=O) groups is 1. The third kappa shape index (κ3) is 4.89. The summed E-state index contributed by atoms with van der Waals surface area (Å²) in [6, 6.07) is 24.4. The number of hydrogen-bond acceptors (Lipinski definition) is 5. The molecule has 0 aliphatic heterocycles. The van der Waals surface area contributed by atoms with Gasteiger partial charge in [0.1, 0.15) is 12.1 Å². The maximum absolute atomic E-state index is 13.0. The van der Waals surface area contributed by atoms with Gasteiger partial charge in [0.05, 0.1) is 17.6 Å². The molecule has 1 amide bonds. The number of carbonyl (C=O) groups excluding carboxylic acids is 1. The molecular formula is C27H23ClN6O2. The van der Waals surface area contributed by atoms with Crippen LogP contribution in [0.15, 0.2) is 89.9 Å². The van der Waals surface area contributed by atoms with Crippen molar-refractivity contribution in [3.8, 4) is 11.3 Å². The van der Waals surface area contributed by atoms with Crippen molar-refractivity contribution in [2.75, 3.05) is 7.05 Å². The number of nitrogens with zero attached hydrogens (tertiary/aromatic N) is 6. The van der Waals surface area contributed by atoms with Gasteiger partial charge in [0, 0.05) is 35.9 Å². The SMILES string of the molecule is CN(Cc1cn(Cc2ccccc2Cl)nc1-c1ccccc1)C(=O)Cn1nnc2ccccc2c1=O. The first-order chi connectivity index (χ1) is 17.5. The zero-order chi connectivity index (χ0) is 25.1. The van der Waals surface area contributed by atoms with E-state index in [2.05, 4.69) is 10.3 Å². The molecule has 0 bridgehead atoms. The number of amides is 1. The molecule has 0 aliphatic rings. The van der Waals surface area contributed by atoms with Gasteiger partial charge in [-0.3, -0.25) is 14.3 Å². The minimum absolute atomic E-state index is 0.207. The van der Waals surface area contributed by atoms with Gasteiger partial charge in [0.2, 0.25) is 5.91 Å². The second kappa shape index (κ2) is 10.1. The molecule has 0 unspecified atom stereocenters. The van der Waals surface area contributed by atoms with Crippen LogP contribution in [0.5, 0.6) is 0 Å². The van der Waals surface area contributed by atoms with Gasteiger partial charge in [-0.1, -0.05) is 77.5 Å². The molecule has 5 rings (SSSR count). The first-order valence-corrected chi connectivity index (χ1v) is 11.8. The summed E-state index contributed by atoms with van der Waals surface area (Å²) in [5.41, 5.74) is 3.71. The molecule has 3 aromatic carbocycles. The van der Waals surface area contributed by atoms with Gasteiger partial charge >= 0.3 is 0 Å². The van der Waals surface area contributed by atoms with Crippen molar-refractivity contribution < 1.29 is 4.79 Å². The van der Waals surface area contributed by atoms with Gasteiger partial charge in [-0.25, -0.2) is 4.68 Å². The standard InChI is InChI=1S/C27H23ClN6O2/c1-32(25(35)18-34-27(36)22-12-6-8-14-24(22)29-31-34)15-21-17-33(16-20-11-5-7-13-23(20)28)30-26(21)19-9-3-2-4-10-19/h2-14,17H,15-16,18H2,1H3. The van der Waals surface area contributed by atoms with Crippen LogP contribution < -0.4 is 5.56 Å². The molecule has 0 radical (unpaired) electrons. The van der Waals surface area contributed by atoms with Gasteiger partial charge in [0.25, 0.3) is 5.56 Å². The molecule has 0 saturated carbocycles. The smallest absolute Gasteiger partial charge is 0.278 e. The Morgan fingerprint density at radius 2 is 1.67 bits per heavy atom. The van der Waals surface area contributed by atoms with Crippen molar-refractivity contribution in [2.24, 2.45) is 0 Å². The second-order valence-corrected chi connectivity index (χ2v) is 8.88. The first kappa shape index (κ1) is 23.4. The molecule has 0 saturated heterocycles. The monoisotopic (exact) mass is 498 g/mol. The Morgan fingerprint density at radius 1 is 0.944 bits per heavy atom. The molecular weight excluding hydrogens is 476 g/mol. The number of hydrogen-bond donors (Lipinski definition) is 0. The number of rotatable bonds is 7. The Hall–Kier alpha value is -4.30. The van der Waals surface area contributed by atoms with Crippen molar-refractivity contribution in [3.63, 3.8) is 0 Å². The second-order valence-electron chi connectivity index (χ2n) is 8.48. The highest BCUT2D eigenvalue weighted by Gasteiger charge is 2.18. The van der Waals surface area contributed by atoms with Crippen molar-refractivity contribution in [2.45, 2.75) is 19.6 Å². The third-order valence-corrected chi connectivity index (χ3v) is 6.29. The first-order valence-electron chi connectivity index (χ1n) is 11.4. The minimum Gasteiger partial charge on any atom is -0.340 e. The molecule has 2 aromatic heterocycles. The molecule has 0 aliphatic carbocycles. The van der Waals surface area contributed by atoms with E-state index in [1.165, 1.54) is 0 Å². The zero-order valence-corrected chi connectivity index (χ0v) is 20.3. The number of fused-ring (bicyclic) bond motifs is 1. The van der Waals surface area contributed by atoms with Crippen LogP contribution >= 0.6 is 11.6 Å². The summed E-state index contributed by atoms with van der Waals surface area (Å²) in [5, 5.41) is 13.9. The number of aromatic nitrogens is 5. The Kier molecular flexibility index (Phi) is 6.60. The molecule has 0 N–H and O–H groups in total. The molecule has 180 valence electrons. The van der Waals surface area contributed by atoms with E-state index >= 15 is 0 Å². The molecule has 36 heavy (non-hydrogen) atoms. The van der Waals surface area contributed by atoms with E-state index in [9.17, 15) is 9.59 Å². The van der Waals surface area contributed by atoms with E-state index in [0.29, 0.717) is 29.0 Å². The molecule has 0 fully saturated rings. The quantitative estimate of drug-likeness (QED) is 0.338. The average Bonchev–Trinajstić information content (AvgIpc) is 3.29. The van der Waals surface area contributed by atoms with Crippen LogP contribution in [0.2, 0.25) is 5.02 Å². The summed E-state index contributed by atoms with van der Waals surface area (Å²) in [6.45, 7) is 0.599. The molecule has 2 heterocycles. The lowest BCUT2D eigenvalue weighted by molar-refractivity contribution is -0.131. The van der Waals surface area contributed by atoms with Crippen LogP contribution in [-0.4, -0.2) is 42.6 Å². The van der Waals surface area contributed by atoms with Gasteiger partial charge in [0.15, 0.2) is 0 Å². The lowest BCUT2D eigenvalue weighted by Gasteiger charge is -2.17. The number of halogens is 1. The molecule has 0 atom stereocenters. The lowest BCUT2D eigenvalue weighted by atomic mass is 10.1. The molecule has 5 aromatic rings. The average molecular weight is 499 g/mol. The van der Waals surface area contributed by atoms with Crippen molar-refractivity contribution in [1.29, 1.82) is 0 Å². The van der Waals surface area contributed by atoms with E-state index in [0.717, 1.165) is 27.1 Å². The van der Waals surface area contributed by atoms with Crippen LogP contribution in [0.3, 0.4) is 0 Å².